The molecule has 0 saturated heterocycles. The summed E-state index contributed by atoms with van der Waals surface area (Å²) >= 11 is 12.0. The van der Waals surface area contributed by atoms with Crippen molar-refractivity contribution in [1.82, 2.24) is 0 Å². The zero-order valence-corrected chi connectivity index (χ0v) is 28.1. The molecule has 3 aromatic rings. The molecule has 234 valence electrons. The molecule has 0 saturated carbocycles. The minimum atomic E-state index is -4.72. The van der Waals surface area contributed by atoms with Crippen LogP contribution in [0, 0.1) is 0 Å². The molecule has 0 bridgehead atoms. The number of carbonyl (C=O) groups excluding carboxylic acids is 2. The van der Waals surface area contributed by atoms with E-state index in [2.05, 4.69) is 0 Å². The first-order chi connectivity index (χ1) is 20.8. The van der Waals surface area contributed by atoms with Crippen molar-refractivity contribution in [1.29, 1.82) is 0 Å². The lowest BCUT2D eigenvalue weighted by atomic mass is 10.0. The molecule has 0 aliphatic carbocycles. The highest BCUT2D eigenvalue weighted by Crippen LogP contribution is 2.57. The summed E-state index contributed by atoms with van der Waals surface area (Å²) in [6.07, 6.45) is 0.933. The minimum absolute atomic E-state index is 0.0302. The van der Waals surface area contributed by atoms with E-state index in [4.69, 9.17) is 32.2 Å². The van der Waals surface area contributed by atoms with Gasteiger partial charge in [-0.2, -0.15) is 0 Å². The molecule has 0 radical (unpaired) electrons. The van der Waals surface area contributed by atoms with E-state index in [9.17, 15) is 28.5 Å². The molecule has 12 heteroatoms. The monoisotopic (exact) mass is 678 g/mol. The maximum absolute atomic E-state index is 13.5. The van der Waals surface area contributed by atoms with Gasteiger partial charge in [0.05, 0.1) is 21.8 Å². The lowest BCUT2D eigenvalue weighted by Gasteiger charge is -2.20. The summed E-state index contributed by atoms with van der Waals surface area (Å²) in [5.74, 6) is -2.54. The molecule has 2 atom stereocenters. The molecule has 44 heavy (non-hydrogen) atoms. The number of hydrogen-bond acceptors (Lipinski definition) is 6. The van der Waals surface area contributed by atoms with Crippen LogP contribution in [0.3, 0.4) is 0 Å². The van der Waals surface area contributed by atoms with Gasteiger partial charge in [0.2, 0.25) is 0 Å². The van der Waals surface area contributed by atoms with Gasteiger partial charge in [-0.15, -0.1) is 0 Å². The molecule has 2 N–H and O–H groups in total. The Morgan fingerprint density at radius 3 is 1.18 bits per heavy atom. The first-order valence-electron chi connectivity index (χ1n) is 14.0. The van der Waals surface area contributed by atoms with Gasteiger partial charge >= 0.3 is 27.1 Å². The molecule has 0 heterocycles. The van der Waals surface area contributed by atoms with Gasteiger partial charge in [-0.25, -0.2) is 18.7 Å². The highest BCUT2D eigenvalue weighted by atomic mass is 35.5. The van der Waals surface area contributed by atoms with E-state index < -0.39 is 38.3 Å². The average molecular weight is 679 g/mol. The molecule has 3 rings (SSSR count). The molecule has 0 aromatic heterocycles. The highest BCUT2D eigenvalue weighted by molar-refractivity contribution is 7.58. The second kappa shape index (κ2) is 15.4. The van der Waals surface area contributed by atoms with Gasteiger partial charge in [0, 0.05) is 10.0 Å². The molecule has 0 aliphatic rings. The summed E-state index contributed by atoms with van der Waals surface area (Å²) < 4.78 is 37.3. The van der Waals surface area contributed by atoms with Gasteiger partial charge in [0.25, 0.3) is 0 Å². The minimum Gasteiger partial charge on any atom is -0.385 e. The third kappa shape index (κ3) is 8.39. The van der Waals surface area contributed by atoms with E-state index in [0.29, 0.717) is 45.2 Å². The van der Waals surface area contributed by atoms with Crippen LogP contribution in [0.15, 0.2) is 83.4 Å². The summed E-state index contributed by atoms with van der Waals surface area (Å²) in [4.78, 5) is 48.5. The van der Waals surface area contributed by atoms with Crippen molar-refractivity contribution in [2.24, 2.45) is 0 Å². The predicted molar refractivity (Wildman–Crippen MR) is 175 cm³/mol. The van der Waals surface area contributed by atoms with Crippen LogP contribution in [-0.2, 0) is 18.2 Å². The van der Waals surface area contributed by atoms with Crippen LogP contribution in [-0.4, -0.2) is 21.7 Å². The van der Waals surface area contributed by atoms with Crippen molar-refractivity contribution in [2.75, 3.05) is 0 Å². The molecule has 0 spiro atoms. The van der Waals surface area contributed by atoms with Crippen LogP contribution in [0.4, 0.5) is 0 Å². The SMILES string of the molecule is CCC(=C(CC)P(=O)(O)OC(=O)c1ccccc1C(=O)OP(=O)(O)C(CC)=C(CC)c1ccc(Cl)cc1)c1ccc(Cl)cc1. The van der Waals surface area contributed by atoms with Gasteiger partial charge in [-0.1, -0.05) is 87.3 Å². The van der Waals surface area contributed by atoms with E-state index in [0.717, 1.165) is 0 Å². The van der Waals surface area contributed by atoms with Crippen molar-refractivity contribution in [3.05, 3.63) is 116 Å². The Bertz CT molecular complexity index is 1550. The average Bonchev–Trinajstić information content (AvgIpc) is 2.98. The second-order valence-corrected chi connectivity index (χ2v) is 14.0. The van der Waals surface area contributed by atoms with Crippen LogP contribution in [0.1, 0.15) is 85.2 Å². The van der Waals surface area contributed by atoms with Crippen LogP contribution >= 0.6 is 38.4 Å². The Hall–Kier alpha value is -2.96. The number of benzene rings is 3. The number of carbonyl (C=O) groups is 2. The lowest BCUT2D eigenvalue weighted by molar-refractivity contribution is 0.0674. The lowest BCUT2D eigenvalue weighted by Crippen LogP contribution is -2.14. The summed E-state index contributed by atoms with van der Waals surface area (Å²) in [7, 11) is -9.43. The number of rotatable bonds is 12. The Kier molecular flexibility index (Phi) is 12.4. The second-order valence-electron chi connectivity index (χ2n) is 9.62. The first-order valence-corrected chi connectivity index (χ1v) is 17.9. The maximum Gasteiger partial charge on any atom is 0.406 e. The Labute approximate surface area is 267 Å². The van der Waals surface area contributed by atoms with Crippen LogP contribution in [0.5, 0.6) is 0 Å². The summed E-state index contributed by atoms with van der Waals surface area (Å²) in [5, 5.41) is 1.05. The quantitative estimate of drug-likeness (QED) is 0.181. The topological polar surface area (TPSA) is 127 Å². The zero-order chi connectivity index (χ0) is 32.7. The highest BCUT2D eigenvalue weighted by Gasteiger charge is 2.36. The van der Waals surface area contributed by atoms with Crippen LogP contribution < -0.4 is 0 Å². The number of allylic oxidation sites excluding steroid dienone is 4. The Morgan fingerprint density at radius 1 is 0.591 bits per heavy atom. The number of hydrogen-bond donors (Lipinski definition) is 2. The molecule has 0 amide bonds. The van der Waals surface area contributed by atoms with Crippen molar-refractivity contribution in [3.8, 4) is 0 Å². The maximum atomic E-state index is 13.5. The van der Waals surface area contributed by atoms with E-state index in [-0.39, 0.29) is 23.5 Å². The van der Waals surface area contributed by atoms with Crippen LogP contribution in [0.25, 0.3) is 11.1 Å². The van der Waals surface area contributed by atoms with E-state index >= 15 is 0 Å². The third-order valence-electron chi connectivity index (χ3n) is 6.92. The molecule has 3 aromatic carbocycles. The number of halogens is 2. The van der Waals surface area contributed by atoms with Gasteiger partial charge < -0.3 is 18.8 Å². The summed E-state index contributed by atoms with van der Waals surface area (Å²) in [5.41, 5.74) is 1.52. The predicted octanol–water partition coefficient (Wildman–Crippen LogP) is 10.1. The van der Waals surface area contributed by atoms with E-state index in [1.807, 2.05) is 0 Å². The van der Waals surface area contributed by atoms with Gasteiger partial charge in [0.15, 0.2) is 0 Å². The van der Waals surface area contributed by atoms with Crippen molar-refractivity contribution >= 4 is 61.5 Å². The molecule has 2 unspecified atom stereocenters. The smallest absolute Gasteiger partial charge is 0.385 e. The zero-order valence-electron chi connectivity index (χ0n) is 24.8. The standard InChI is InChI=1S/C32H34Cl2O8P2/c1-5-25(21-13-17-23(33)18-14-21)29(7-3)43(37,38)41-31(35)27-11-9-10-12-28(27)32(36)42-44(39,40)30(8-4)26(6-2)22-15-19-24(34)20-16-22/h9-20H,5-8H2,1-4H3,(H,37,38)(H,39,40). The summed E-state index contributed by atoms with van der Waals surface area (Å²) in [6.45, 7) is 6.93. The molecular formula is C32H34Cl2O8P2. The first kappa shape index (κ1) is 35.5. The Morgan fingerprint density at radius 2 is 0.909 bits per heavy atom. The fourth-order valence-electron chi connectivity index (χ4n) is 4.89. The molecule has 0 fully saturated rings. The van der Waals surface area contributed by atoms with E-state index in [1.165, 1.54) is 24.3 Å². The summed E-state index contributed by atoms with van der Waals surface area (Å²) in [6, 6.07) is 18.6. The van der Waals surface area contributed by atoms with Crippen molar-refractivity contribution < 1.29 is 37.6 Å². The van der Waals surface area contributed by atoms with Gasteiger partial charge in [-0.05, 0) is 84.4 Å². The van der Waals surface area contributed by atoms with Crippen molar-refractivity contribution in [3.63, 3.8) is 0 Å². The fraction of sp³-hybridized carbons (Fsp3) is 0.250. The van der Waals surface area contributed by atoms with Crippen LogP contribution in [0.2, 0.25) is 10.0 Å². The fourth-order valence-corrected chi connectivity index (χ4v) is 8.07. The molecular weight excluding hydrogens is 645 g/mol. The van der Waals surface area contributed by atoms with Gasteiger partial charge in [0.1, 0.15) is 0 Å². The largest absolute Gasteiger partial charge is 0.406 e. The van der Waals surface area contributed by atoms with E-state index in [1.54, 1.807) is 76.2 Å². The molecule has 0 aliphatic heterocycles. The van der Waals surface area contributed by atoms with Crippen molar-refractivity contribution in [2.45, 2.75) is 53.4 Å². The Balaban J connectivity index is 1.96. The van der Waals surface area contributed by atoms with Gasteiger partial charge in [-0.3, -0.25) is 0 Å². The third-order valence-corrected chi connectivity index (χ3v) is 10.8. The molecule has 8 nitrogen and oxygen atoms in total. The normalized spacial score (nSPS) is 15.3.